The van der Waals surface area contributed by atoms with Gasteiger partial charge in [-0.05, 0) is 26.0 Å². The van der Waals surface area contributed by atoms with E-state index in [1.165, 1.54) is 17.9 Å². The van der Waals surface area contributed by atoms with E-state index in [1.54, 1.807) is 7.11 Å². The largest absolute Gasteiger partial charge is 0.383 e. The highest BCUT2D eigenvalue weighted by Gasteiger charge is 2.19. The lowest BCUT2D eigenvalue weighted by atomic mass is 10.3. The van der Waals surface area contributed by atoms with E-state index in [0.29, 0.717) is 18.7 Å². The molecular weight excluding hydrogens is 234 g/mol. The highest BCUT2D eigenvalue weighted by Crippen LogP contribution is 2.23. The third-order valence-electron chi connectivity index (χ3n) is 3.00. The van der Waals surface area contributed by atoms with Gasteiger partial charge in [-0.2, -0.15) is 11.8 Å². The summed E-state index contributed by atoms with van der Waals surface area (Å²) >= 11 is 2.01. The van der Waals surface area contributed by atoms with Crippen molar-refractivity contribution in [3.63, 3.8) is 0 Å². The lowest BCUT2D eigenvalue weighted by Gasteiger charge is -2.18. The van der Waals surface area contributed by atoms with E-state index in [1.807, 2.05) is 18.7 Å². The van der Waals surface area contributed by atoms with Crippen molar-refractivity contribution in [1.82, 2.24) is 9.55 Å². The first-order valence-corrected chi connectivity index (χ1v) is 7.25. The smallest absolute Gasteiger partial charge is 0.203 e. The molecule has 0 amide bonds. The summed E-state index contributed by atoms with van der Waals surface area (Å²) in [5, 5.41) is 3.55. The Morgan fingerprint density at radius 1 is 1.71 bits per heavy atom. The van der Waals surface area contributed by atoms with Crippen molar-refractivity contribution in [2.75, 3.05) is 30.5 Å². The number of methoxy groups -OCH3 is 1. The second kappa shape index (κ2) is 5.78. The van der Waals surface area contributed by atoms with Crippen LogP contribution in [0.1, 0.15) is 25.1 Å². The molecule has 1 fully saturated rings. The molecule has 2 heterocycles. The zero-order chi connectivity index (χ0) is 12.3. The van der Waals surface area contributed by atoms with Crippen LogP contribution in [-0.2, 0) is 4.74 Å². The molecule has 2 atom stereocenters. The van der Waals surface area contributed by atoms with Crippen LogP contribution in [0.3, 0.4) is 0 Å². The maximum absolute atomic E-state index is 5.21. The molecule has 2 rings (SSSR count). The van der Waals surface area contributed by atoms with Gasteiger partial charge in [-0.1, -0.05) is 0 Å². The lowest BCUT2D eigenvalue weighted by molar-refractivity contribution is 0.163. The number of nitrogens with zero attached hydrogens (tertiary/aromatic N) is 2. The minimum absolute atomic E-state index is 0.317. The average molecular weight is 255 g/mol. The molecule has 1 saturated heterocycles. The van der Waals surface area contributed by atoms with Crippen LogP contribution >= 0.6 is 11.8 Å². The van der Waals surface area contributed by atoms with E-state index in [0.717, 1.165) is 11.6 Å². The van der Waals surface area contributed by atoms with Gasteiger partial charge < -0.3 is 14.6 Å². The monoisotopic (exact) mass is 255 g/mol. The minimum Gasteiger partial charge on any atom is -0.383 e. The Morgan fingerprint density at radius 2 is 2.53 bits per heavy atom. The molecule has 1 aromatic rings. The predicted molar refractivity (Wildman–Crippen MR) is 72.9 cm³/mol. The average Bonchev–Trinajstić information content (AvgIpc) is 2.89. The van der Waals surface area contributed by atoms with Gasteiger partial charge in [-0.3, -0.25) is 0 Å². The van der Waals surface area contributed by atoms with Crippen LogP contribution in [-0.4, -0.2) is 40.8 Å². The standard InChI is InChI=1S/C12H21N3OS/c1-9-6-15(10(2)7-16-3)12(13-9)14-11-4-5-17-8-11/h6,10-11H,4-5,7-8H2,1-3H3,(H,13,14). The number of thioether (sulfide) groups is 1. The van der Waals surface area contributed by atoms with Crippen LogP contribution in [0, 0.1) is 6.92 Å². The van der Waals surface area contributed by atoms with Crippen molar-refractivity contribution in [2.45, 2.75) is 32.4 Å². The molecule has 1 N–H and O–H groups in total. The molecule has 0 aromatic carbocycles. The van der Waals surface area contributed by atoms with Gasteiger partial charge in [0.1, 0.15) is 0 Å². The fourth-order valence-electron chi connectivity index (χ4n) is 2.11. The van der Waals surface area contributed by atoms with Crippen LogP contribution in [0.4, 0.5) is 5.95 Å². The number of hydrogen-bond donors (Lipinski definition) is 1. The quantitative estimate of drug-likeness (QED) is 0.876. The van der Waals surface area contributed by atoms with Crippen molar-refractivity contribution in [3.8, 4) is 0 Å². The molecule has 0 aliphatic carbocycles. The Hall–Kier alpha value is -0.680. The van der Waals surface area contributed by atoms with Gasteiger partial charge in [0.05, 0.1) is 18.3 Å². The normalized spacial score (nSPS) is 21.7. The second-order valence-corrected chi connectivity index (χ2v) is 5.77. The van der Waals surface area contributed by atoms with Crippen molar-refractivity contribution in [1.29, 1.82) is 0 Å². The second-order valence-electron chi connectivity index (χ2n) is 4.62. The fraction of sp³-hybridized carbons (Fsp3) is 0.750. The van der Waals surface area contributed by atoms with Crippen molar-refractivity contribution >= 4 is 17.7 Å². The Labute approximate surface area is 107 Å². The van der Waals surface area contributed by atoms with Crippen molar-refractivity contribution in [2.24, 2.45) is 0 Å². The minimum atomic E-state index is 0.317. The number of aryl methyl sites for hydroxylation is 1. The Kier molecular flexibility index (Phi) is 4.34. The maximum Gasteiger partial charge on any atom is 0.203 e. The molecule has 0 bridgehead atoms. The summed E-state index contributed by atoms with van der Waals surface area (Å²) in [6.07, 6.45) is 3.32. The predicted octanol–water partition coefficient (Wildman–Crippen LogP) is 2.32. The summed E-state index contributed by atoms with van der Waals surface area (Å²) in [5.74, 6) is 3.43. The number of nitrogens with one attached hydrogen (secondary N) is 1. The van der Waals surface area contributed by atoms with E-state index in [-0.39, 0.29) is 0 Å². The highest BCUT2D eigenvalue weighted by molar-refractivity contribution is 7.99. The van der Waals surface area contributed by atoms with Gasteiger partial charge in [0.25, 0.3) is 0 Å². The molecule has 2 unspecified atom stereocenters. The third kappa shape index (κ3) is 3.16. The Balaban J connectivity index is 2.08. The summed E-state index contributed by atoms with van der Waals surface area (Å²) in [5.41, 5.74) is 1.06. The lowest BCUT2D eigenvalue weighted by Crippen LogP contribution is -2.22. The van der Waals surface area contributed by atoms with E-state index in [9.17, 15) is 0 Å². The Morgan fingerprint density at radius 3 is 3.18 bits per heavy atom. The molecular formula is C12H21N3OS. The summed E-state index contributed by atoms with van der Waals surface area (Å²) < 4.78 is 7.39. The molecule has 5 heteroatoms. The van der Waals surface area contributed by atoms with Gasteiger partial charge >= 0.3 is 0 Å². The molecule has 17 heavy (non-hydrogen) atoms. The van der Waals surface area contributed by atoms with Crippen LogP contribution in [0.2, 0.25) is 0 Å². The molecule has 0 radical (unpaired) electrons. The number of rotatable bonds is 5. The molecule has 0 spiro atoms. The van der Waals surface area contributed by atoms with Crippen LogP contribution in [0.25, 0.3) is 0 Å². The Bertz CT molecular complexity index is 361. The zero-order valence-corrected chi connectivity index (χ0v) is 11.6. The fourth-order valence-corrected chi connectivity index (χ4v) is 3.26. The van der Waals surface area contributed by atoms with Crippen LogP contribution < -0.4 is 5.32 Å². The number of ether oxygens (including phenoxy) is 1. The van der Waals surface area contributed by atoms with Crippen molar-refractivity contribution in [3.05, 3.63) is 11.9 Å². The molecule has 1 aromatic heterocycles. The van der Waals surface area contributed by atoms with Gasteiger partial charge in [0.2, 0.25) is 5.95 Å². The summed E-state index contributed by atoms with van der Waals surface area (Å²) in [7, 11) is 1.74. The van der Waals surface area contributed by atoms with E-state index in [2.05, 4.69) is 28.0 Å². The number of anilines is 1. The van der Waals surface area contributed by atoms with E-state index < -0.39 is 0 Å². The topological polar surface area (TPSA) is 39.1 Å². The molecule has 0 saturated carbocycles. The SMILES string of the molecule is COCC(C)n1cc(C)nc1NC1CCSC1. The maximum atomic E-state index is 5.21. The van der Waals surface area contributed by atoms with Crippen LogP contribution in [0.5, 0.6) is 0 Å². The van der Waals surface area contributed by atoms with Crippen LogP contribution in [0.15, 0.2) is 6.20 Å². The van der Waals surface area contributed by atoms with Gasteiger partial charge in [0.15, 0.2) is 0 Å². The van der Waals surface area contributed by atoms with Gasteiger partial charge in [-0.15, -0.1) is 0 Å². The first kappa shape index (κ1) is 12.8. The first-order chi connectivity index (χ1) is 8.20. The number of hydrogen-bond acceptors (Lipinski definition) is 4. The van der Waals surface area contributed by atoms with Gasteiger partial charge in [-0.25, -0.2) is 4.98 Å². The number of imidazole rings is 1. The summed E-state index contributed by atoms with van der Waals surface area (Å²) in [6.45, 7) is 4.90. The first-order valence-electron chi connectivity index (χ1n) is 6.09. The zero-order valence-electron chi connectivity index (χ0n) is 10.8. The molecule has 1 aliphatic heterocycles. The van der Waals surface area contributed by atoms with E-state index >= 15 is 0 Å². The summed E-state index contributed by atoms with van der Waals surface area (Å²) in [6, 6.07) is 0.882. The van der Waals surface area contributed by atoms with E-state index in [4.69, 9.17) is 4.74 Å². The summed E-state index contributed by atoms with van der Waals surface area (Å²) in [4.78, 5) is 4.56. The third-order valence-corrected chi connectivity index (χ3v) is 4.16. The molecule has 96 valence electrons. The highest BCUT2D eigenvalue weighted by atomic mass is 32.2. The molecule has 4 nitrogen and oxygen atoms in total. The molecule has 1 aliphatic rings. The number of aromatic nitrogens is 2. The van der Waals surface area contributed by atoms with Crippen molar-refractivity contribution < 1.29 is 4.74 Å². The van der Waals surface area contributed by atoms with Gasteiger partial charge in [0, 0.05) is 25.1 Å².